The summed E-state index contributed by atoms with van der Waals surface area (Å²) < 4.78 is 1.51. The molecular formula is C14H18N6O2. The molecule has 0 saturated carbocycles. The summed E-state index contributed by atoms with van der Waals surface area (Å²) in [6.07, 6.45) is 6.56. The number of aryl methyl sites for hydroxylation is 1. The Morgan fingerprint density at radius 1 is 1.45 bits per heavy atom. The number of carbonyl (C=O) groups is 1. The maximum absolute atomic E-state index is 12.1. The molecule has 1 fully saturated rings. The highest BCUT2D eigenvalue weighted by atomic mass is 16.2. The zero-order chi connectivity index (χ0) is 15.5. The first kappa shape index (κ1) is 14.3. The Balaban J connectivity index is 1.70. The predicted octanol–water partition coefficient (Wildman–Crippen LogP) is -0.0978. The van der Waals surface area contributed by atoms with Gasteiger partial charge in [-0.3, -0.25) is 14.7 Å². The minimum atomic E-state index is -0.182. The molecule has 0 radical (unpaired) electrons. The van der Waals surface area contributed by atoms with E-state index in [1.54, 1.807) is 31.7 Å². The first-order chi connectivity index (χ1) is 10.6. The molecule has 1 aliphatic rings. The summed E-state index contributed by atoms with van der Waals surface area (Å²) in [6.45, 7) is 1.34. The summed E-state index contributed by atoms with van der Waals surface area (Å²) in [4.78, 5) is 30.3. The summed E-state index contributed by atoms with van der Waals surface area (Å²) in [5.74, 6) is 0.253. The van der Waals surface area contributed by atoms with Crippen LogP contribution < -0.4 is 15.8 Å². The lowest BCUT2D eigenvalue weighted by molar-refractivity contribution is 0.0928. The van der Waals surface area contributed by atoms with Gasteiger partial charge in [0.05, 0.1) is 0 Å². The van der Waals surface area contributed by atoms with Crippen LogP contribution in [0.3, 0.4) is 0 Å². The average molecular weight is 302 g/mol. The van der Waals surface area contributed by atoms with Crippen LogP contribution in [-0.4, -0.2) is 44.8 Å². The Morgan fingerprint density at radius 2 is 2.32 bits per heavy atom. The van der Waals surface area contributed by atoms with E-state index in [0.29, 0.717) is 18.1 Å². The van der Waals surface area contributed by atoms with Crippen molar-refractivity contribution in [2.75, 3.05) is 18.0 Å². The van der Waals surface area contributed by atoms with Crippen molar-refractivity contribution in [3.05, 3.63) is 40.7 Å². The van der Waals surface area contributed by atoms with Gasteiger partial charge in [-0.1, -0.05) is 0 Å². The number of hydrogen-bond acceptors (Lipinski definition) is 5. The summed E-state index contributed by atoms with van der Waals surface area (Å²) in [7, 11) is 1.70. The van der Waals surface area contributed by atoms with E-state index in [2.05, 4.69) is 20.5 Å². The Morgan fingerprint density at radius 3 is 3.09 bits per heavy atom. The molecule has 0 bridgehead atoms. The van der Waals surface area contributed by atoms with Crippen LogP contribution in [0, 0.1) is 0 Å². The molecule has 0 aromatic carbocycles. The maximum Gasteiger partial charge on any atom is 0.293 e. The molecule has 1 atom stereocenters. The summed E-state index contributed by atoms with van der Waals surface area (Å²) >= 11 is 0. The topological polar surface area (TPSA) is 95.9 Å². The van der Waals surface area contributed by atoms with E-state index in [1.165, 1.54) is 4.57 Å². The molecule has 2 N–H and O–H groups in total. The first-order valence-corrected chi connectivity index (χ1v) is 7.22. The minimum absolute atomic E-state index is 0.0173. The van der Waals surface area contributed by atoms with Gasteiger partial charge in [0.1, 0.15) is 5.69 Å². The van der Waals surface area contributed by atoms with Crippen molar-refractivity contribution in [2.45, 2.75) is 18.9 Å². The maximum atomic E-state index is 12.1. The Bertz CT molecular complexity index is 708. The van der Waals surface area contributed by atoms with Gasteiger partial charge in [0.25, 0.3) is 11.5 Å². The van der Waals surface area contributed by atoms with Gasteiger partial charge < -0.3 is 14.8 Å². The van der Waals surface area contributed by atoms with Gasteiger partial charge in [-0.05, 0) is 18.9 Å². The lowest BCUT2D eigenvalue weighted by Gasteiger charge is -2.33. The van der Waals surface area contributed by atoms with Gasteiger partial charge >= 0.3 is 0 Å². The molecule has 1 aliphatic heterocycles. The van der Waals surface area contributed by atoms with E-state index in [0.717, 1.165) is 19.4 Å². The Labute approximate surface area is 127 Å². The van der Waals surface area contributed by atoms with Crippen LogP contribution in [-0.2, 0) is 7.05 Å². The van der Waals surface area contributed by atoms with E-state index in [9.17, 15) is 9.59 Å². The molecule has 3 rings (SSSR count). The summed E-state index contributed by atoms with van der Waals surface area (Å²) in [6, 6.07) is 1.61. The van der Waals surface area contributed by atoms with Gasteiger partial charge in [0, 0.05) is 44.8 Å². The van der Waals surface area contributed by atoms with Crippen LogP contribution >= 0.6 is 0 Å². The van der Waals surface area contributed by atoms with E-state index in [1.807, 2.05) is 4.90 Å². The van der Waals surface area contributed by atoms with Crippen molar-refractivity contribution in [3.8, 4) is 0 Å². The smallest absolute Gasteiger partial charge is 0.293 e. The zero-order valence-corrected chi connectivity index (χ0v) is 12.3. The number of amides is 1. The fraction of sp³-hybridized carbons (Fsp3) is 0.429. The second-order valence-corrected chi connectivity index (χ2v) is 5.40. The molecule has 0 aliphatic carbocycles. The summed E-state index contributed by atoms with van der Waals surface area (Å²) in [5, 5.41) is 9.38. The number of aromatic nitrogens is 4. The lowest BCUT2D eigenvalue weighted by Crippen LogP contribution is -2.49. The van der Waals surface area contributed by atoms with Crippen LogP contribution in [0.25, 0.3) is 0 Å². The Hall–Kier alpha value is -2.64. The second-order valence-electron chi connectivity index (χ2n) is 5.40. The highest BCUT2D eigenvalue weighted by molar-refractivity contribution is 5.92. The molecule has 3 heterocycles. The fourth-order valence-electron chi connectivity index (χ4n) is 2.63. The number of H-pyrrole nitrogens is 1. The van der Waals surface area contributed by atoms with Crippen LogP contribution in [0.5, 0.6) is 0 Å². The van der Waals surface area contributed by atoms with Gasteiger partial charge in [-0.15, -0.1) is 0 Å². The average Bonchev–Trinajstić information content (AvgIpc) is 3.05. The molecule has 116 valence electrons. The number of rotatable bonds is 3. The van der Waals surface area contributed by atoms with Gasteiger partial charge in [-0.2, -0.15) is 5.10 Å². The van der Waals surface area contributed by atoms with E-state index < -0.39 is 0 Å². The van der Waals surface area contributed by atoms with Crippen molar-refractivity contribution in [2.24, 2.45) is 7.05 Å². The highest BCUT2D eigenvalue weighted by Crippen LogP contribution is 2.14. The predicted molar refractivity (Wildman–Crippen MR) is 80.8 cm³/mol. The van der Waals surface area contributed by atoms with Crippen molar-refractivity contribution >= 4 is 11.7 Å². The van der Waals surface area contributed by atoms with Crippen molar-refractivity contribution in [1.29, 1.82) is 0 Å². The number of nitrogens with zero attached hydrogens (tertiary/aromatic N) is 4. The number of nitrogens with one attached hydrogen (secondary N) is 2. The number of carbonyl (C=O) groups excluding carboxylic acids is 1. The van der Waals surface area contributed by atoms with Crippen LogP contribution in [0.4, 0.5) is 5.82 Å². The third kappa shape index (κ3) is 2.85. The van der Waals surface area contributed by atoms with Gasteiger partial charge in [-0.25, -0.2) is 4.98 Å². The Kier molecular flexibility index (Phi) is 3.90. The normalized spacial score (nSPS) is 18.2. The molecule has 2 aromatic heterocycles. The van der Waals surface area contributed by atoms with Crippen LogP contribution in [0.15, 0.2) is 29.5 Å². The number of anilines is 1. The van der Waals surface area contributed by atoms with Crippen LogP contribution in [0.1, 0.15) is 23.3 Å². The third-order valence-electron chi connectivity index (χ3n) is 3.80. The molecule has 0 unspecified atom stereocenters. The van der Waals surface area contributed by atoms with E-state index in [-0.39, 0.29) is 17.5 Å². The van der Waals surface area contributed by atoms with Crippen molar-refractivity contribution < 1.29 is 4.79 Å². The monoisotopic (exact) mass is 302 g/mol. The minimum Gasteiger partial charge on any atom is -0.350 e. The zero-order valence-electron chi connectivity index (χ0n) is 12.3. The van der Waals surface area contributed by atoms with E-state index >= 15 is 0 Å². The fourth-order valence-corrected chi connectivity index (χ4v) is 2.63. The largest absolute Gasteiger partial charge is 0.350 e. The molecule has 1 saturated heterocycles. The lowest BCUT2D eigenvalue weighted by atomic mass is 10.1. The van der Waals surface area contributed by atoms with E-state index in [4.69, 9.17) is 0 Å². The highest BCUT2D eigenvalue weighted by Gasteiger charge is 2.24. The molecule has 1 amide bonds. The molecule has 2 aromatic rings. The van der Waals surface area contributed by atoms with Gasteiger partial charge in [0.15, 0.2) is 5.82 Å². The van der Waals surface area contributed by atoms with Gasteiger partial charge in [0.2, 0.25) is 0 Å². The van der Waals surface area contributed by atoms with Crippen molar-refractivity contribution in [1.82, 2.24) is 25.1 Å². The quantitative estimate of drug-likeness (QED) is 0.825. The molecule has 22 heavy (non-hydrogen) atoms. The molecule has 8 nitrogen and oxygen atoms in total. The molecule has 0 spiro atoms. The number of hydrogen-bond donors (Lipinski definition) is 2. The van der Waals surface area contributed by atoms with Crippen LogP contribution in [0.2, 0.25) is 0 Å². The first-order valence-electron chi connectivity index (χ1n) is 7.22. The number of aromatic amines is 1. The SMILES string of the molecule is Cn1ccnc(N2CCC[C@H](NC(=O)c3ccn[nH]3)C2)c1=O. The van der Waals surface area contributed by atoms with Crippen molar-refractivity contribution in [3.63, 3.8) is 0 Å². The standard InChI is InChI=1S/C14H18N6O2/c1-19-8-6-15-12(14(19)22)20-7-2-3-10(9-20)17-13(21)11-4-5-16-18-11/h4-6,8,10H,2-3,7,9H2,1H3,(H,16,18)(H,17,21)/t10-/m0/s1. The second kappa shape index (κ2) is 6.00. The molecular weight excluding hydrogens is 284 g/mol. The molecule has 8 heteroatoms. The third-order valence-corrected chi connectivity index (χ3v) is 3.80. The summed E-state index contributed by atoms with van der Waals surface area (Å²) in [5.41, 5.74) is 0.314. The number of piperidine rings is 1.